The first kappa shape index (κ1) is 8.90. The second-order valence-corrected chi connectivity index (χ2v) is 2.84. The van der Waals surface area contributed by atoms with E-state index in [1.165, 1.54) is 6.33 Å². The molecule has 0 saturated heterocycles. The Kier molecular flexibility index (Phi) is 2.55. The van der Waals surface area contributed by atoms with Gasteiger partial charge in [-0.2, -0.15) is 0 Å². The molecule has 0 aromatic carbocycles. The molecule has 14 heavy (non-hydrogen) atoms. The monoisotopic (exact) mass is 207 g/mol. The first-order valence-corrected chi connectivity index (χ1v) is 4.29. The van der Waals surface area contributed by atoms with Crippen molar-refractivity contribution in [2.45, 2.75) is 0 Å². The van der Waals surface area contributed by atoms with E-state index in [-0.39, 0.29) is 0 Å². The first-order chi connectivity index (χ1) is 6.84. The van der Waals surface area contributed by atoms with E-state index >= 15 is 0 Å². The molecule has 4 nitrogen and oxygen atoms in total. The molecule has 0 bridgehead atoms. The van der Waals surface area contributed by atoms with Gasteiger partial charge < -0.3 is 4.74 Å². The van der Waals surface area contributed by atoms with Gasteiger partial charge in [-0.3, -0.25) is 0 Å². The van der Waals surface area contributed by atoms with Crippen molar-refractivity contribution in [1.29, 1.82) is 0 Å². The van der Waals surface area contributed by atoms with Crippen LogP contribution in [0.5, 0.6) is 11.8 Å². The lowest BCUT2D eigenvalue weighted by molar-refractivity contribution is 0.443. The second-order valence-electron chi connectivity index (χ2n) is 2.45. The Morgan fingerprint density at radius 1 is 1.14 bits per heavy atom. The van der Waals surface area contributed by atoms with Crippen molar-refractivity contribution in [2.75, 3.05) is 0 Å². The van der Waals surface area contributed by atoms with Gasteiger partial charge >= 0.3 is 0 Å². The van der Waals surface area contributed by atoms with Gasteiger partial charge in [-0.15, -0.1) is 0 Å². The molecule has 70 valence electrons. The van der Waals surface area contributed by atoms with Crippen molar-refractivity contribution in [3.63, 3.8) is 0 Å². The van der Waals surface area contributed by atoms with Crippen LogP contribution in [0.3, 0.4) is 0 Å². The minimum absolute atomic E-state index is 0.386. The molecule has 2 heterocycles. The van der Waals surface area contributed by atoms with Crippen LogP contribution in [0.1, 0.15) is 0 Å². The zero-order valence-electron chi connectivity index (χ0n) is 7.09. The van der Waals surface area contributed by atoms with Crippen molar-refractivity contribution in [3.8, 4) is 11.8 Å². The van der Waals surface area contributed by atoms with Crippen molar-refractivity contribution >= 4 is 11.6 Å². The highest BCUT2D eigenvalue weighted by molar-refractivity contribution is 6.29. The molecule has 0 amide bonds. The normalized spacial score (nSPS) is 9.79. The quantitative estimate of drug-likeness (QED) is 0.709. The summed E-state index contributed by atoms with van der Waals surface area (Å²) in [7, 11) is 0. The number of nitrogens with zero attached hydrogens (tertiary/aromatic N) is 3. The van der Waals surface area contributed by atoms with Gasteiger partial charge in [0.25, 0.3) is 0 Å². The largest absolute Gasteiger partial charge is 0.421 e. The maximum atomic E-state index is 5.69. The lowest BCUT2D eigenvalue weighted by Crippen LogP contribution is -1.90. The summed E-state index contributed by atoms with van der Waals surface area (Å²) in [6.45, 7) is 0. The van der Waals surface area contributed by atoms with Crippen LogP contribution in [0.25, 0.3) is 0 Å². The Bertz CT molecular complexity index is 421. The molecule has 2 aromatic rings. The number of ether oxygens (including phenoxy) is 1. The topological polar surface area (TPSA) is 47.9 Å². The first-order valence-electron chi connectivity index (χ1n) is 3.91. The van der Waals surface area contributed by atoms with Crippen LogP contribution in [0.15, 0.2) is 36.8 Å². The van der Waals surface area contributed by atoms with Gasteiger partial charge in [-0.1, -0.05) is 17.7 Å². The van der Waals surface area contributed by atoms with Gasteiger partial charge in [-0.05, 0) is 6.07 Å². The van der Waals surface area contributed by atoms with Gasteiger partial charge in [-0.25, -0.2) is 15.0 Å². The van der Waals surface area contributed by atoms with E-state index in [1.807, 2.05) is 0 Å². The molecule has 0 N–H and O–H groups in total. The van der Waals surface area contributed by atoms with Crippen LogP contribution in [0.2, 0.25) is 5.15 Å². The molecular formula is C9H6ClN3O. The number of pyridine rings is 1. The Morgan fingerprint density at radius 3 is 2.79 bits per heavy atom. The van der Waals surface area contributed by atoms with E-state index in [9.17, 15) is 0 Å². The summed E-state index contributed by atoms with van der Waals surface area (Å²) in [4.78, 5) is 11.6. The van der Waals surface area contributed by atoms with Gasteiger partial charge in [0.05, 0.1) is 0 Å². The number of hydrogen-bond acceptors (Lipinski definition) is 4. The predicted molar refractivity (Wildman–Crippen MR) is 51.4 cm³/mol. The van der Waals surface area contributed by atoms with Gasteiger partial charge in [0.2, 0.25) is 11.8 Å². The summed E-state index contributed by atoms with van der Waals surface area (Å²) in [5.41, 5.74) is 0. The summed E-state index contributed by atoms with van der Waals surface area (Å²) in [6.07, 6.45) is 2.99. The van der Waals surface area contributed by atoms with E-state index in [0.29, 0.717) is 16.9 Å². The van der Waals surface area contributed by atoms with Crippen molar-refractivity contribution in [2.24, 2.45) is 0 Å². The average Bonchev–Trinajstić information content (AvgIpc) is 2.19. The highest BCUT2D eigenvalue weighted by atomic mass is 35.5. The molecule has 0 spiro atoms. The zero-order chi connectivity index (χ0) is 9.80. The molecule has 0 aliphatic rings. The van der Waals surface area contributed by atoms with E-state index in [4.69, 9.17) is 16.3 Å². The van der Waals surface area contributed by atoms with Crippen LogP contribution in [-0.2, 0) is 0 Å². The molecular weight excluding hydrogens is 202 g/mol. The second kappa shape index (κ2) is 4.02. The Hall–Kier alpha value is -1.68. The zero-order valence-corrected chi connectivity index (χ0v) is 7.85. The fourth-order valence-corrected chi connectivity index (χ4v) is 1.05. The van der Waals surface area contributed by atoms with Crippen LogP contribution in [0.4, 0.5) is 0 Å². The van der Waals surface area contributed by atoms with Crippen LogP contribution in [-0.4, -0.2) is 15.0 Å². The molecule has 0 aliphatic carbocycles. The van der Waals surface area contributed by atoms with E-state index < -0.39 is 0 Å². The average molecular weight is 208 g/mol. The minimum atomic E-state index is 0.386. The molecule has 0 unspecified atom stereocenters. The van der Waals surface area contributed by atoms with Gasteiger partial charge in [0, 0.05) is 18.3 Å². The highest BCUT2D eigenvalue weighted by Crippen LogP contribution is 2.17. The molecule has 0 radical (unpaired) electrons. The number of rotatable bonds is 2. The van der Waals surface area contributed by atoms with Crippen molar-refractivity contribution < 1.29 is 4.74 Å². The van der Waals surface area contributed by atoms with Crippen molar-refractivity contribution in [3.05, 3.63) is 41.9 Å². The van der Waals surface area contributed by atoms with Crippen molar-refractivity contribution in [1.82, 2.24) is 15.0 Å². The van der Waals surface area contributed by atoms with E-state index in [2.05, 4.69) is 15.0 Å². The standard InChI is InChI=1S/C9H6ClN3O/c10-7-2-1-3-9(13-7)14-8-4-5-11-6-12-8/h1-6H. The maximum Gasteiger partial charge on any atom is 0.224 e. The number of aromatic nitrogens is 3. The van der Waals surface area contributed by atoms with Crippen LogP contribution >= 0.6 is 11.6 Å². The molecule has 5 heteroatoms. The third-order valence-corrected chi connectivity index (χ3v) is 1.66. The molecule has 0 fully saturated rings. The van der Waals surface area contributed by atoms with Crippen LogP contribution < -0.4 is 4.74 Å². The summed E-state index contributed by atoms with van der Waals surface area (Å²) < 4.78 is 5.31. The number of halogens is 1. The van der Waals surface area contributed by atoms with Crippen LogP contribution in [0, 0.1) is 0 Å². The fraction of sp³-hybridized carbons (Fsp3) is 0. The van der Waals surface area contributed by atoms with E-state index in [0.717, 1.165) is 0 Å². The lowest BCUT2D eigenvalue weighted by Gasteiger charge is -2.01. The molecule has 0 atom stereocenters. The van der Waals surface area contributed by atoms with E-state index in [1.54, 1.807) is 30.5 Å². The molecule has 0 aliphatic heterocycles. The number of hydrogen-bond donors (Lipinski definition) is 0. The summed E-state index contributed by atoms with van der Waals surface area (Å²) in [5.74, 6) is 0.853. The Labute approximate surface area is 85.6 Å². The summed E-state index contributed by atoms with van der Waals surface area (Å²) in [5, 5.41) is 0.386. The summed E-state index contributed by atoms with van der Waals surface area (Å²) in [6, 6.07) is 6.77. The van der Waals surface area contributed by atoms with Gasteiger partial charge in [0.15, 0.2) is 0 Å². The molecule has 2 rings (SSSR count). The smallest absolute Gasteiger partial charge is 0.224 e. The highest BCUT2D eigenvalue weighted by Gasteiger charge is 1.98. The van der Waals surface area contributed by atoms with Gasteiger partial charge in [0.1, 0.15) is 11.5 Å². The lowest BCUT2D eigenvalue weighted by atomic mass is 10.5. The minimum Gasteiger partial charge on any atom is -0.421 e. The summed E-state index contributed by atoms with van der Waals surface area (Å²) >= 11 is 5.69. The third kappa shape index (κ3) is 2.17. The predicted octanol–water partition coefficient (Wildman–Crippen LogP) is 2.32. The Balaban J connectivity index is 2.19. The maximum absolute atomic E-state index is 5.69. The third-order valence-electron chi connectivity index (χ3n) is 1.45. The molecule has 0 saturated carbocycles. The molecule has 2 aromatic heterocycles. The fourth-order valence-electron chi connectivity index (χ4n) is 0.893. The Morgan fingerprint density at radius 2 is 2.07 bits per heavy atom. The SMILES string of the molecule is Clc1cccc(Oc2ccncn2)n1.